The summed E-state index contributed by atoms with van der Waals surface area (Å²) in [4.78, 5) is 27.0. The summed E-state index contributed by atoms with van der Waals surface area (Å²) in [6.45, 7) is 0.226. The number of hydrogen-bond acceptors (Lipinski definition) is 4. The van der Waals surface area contributed by atoms with Crippen LogP contribution in [0.25, 0.3) is 0 Å². The van der Waals surface area contributed by atoms with Crippen LogP contribution in [0, 0.1) is 11.6 Å². The number of para-hydroxylation sites is 1. The van der Waals surface area contributed by atoms with Crippen molar-refractivity contribution in [2.24, 2.45) is 0 Å². The molecule has 0 spiro atoms. The van der Waals surface area contributed by atoms with E-state index in [0.717, 1.165) is 23.9 Å². The van der Waals surface area contributed by atoms with Crippen molar-refractivity contribution in [3.8, 4) is 0 Å². The largest absolute Gasteiger partial charge is 0.467 e. The summed E-state index contributed by atoms with van der Waals surface area (Å²) in [5, 5.41) is 2.75. The summed E-state index contributed by atoms with van der Waals surface area (Å²) in [5.74, 6) is -1.91. The molecule has 2 amide bonds. The zero-order chi connectivity index (χ0) is 20.8. The monoisotopic (exact) mass is 416 g/mol. The van der Waals surface area contributed by atoms with Crippen molar-refractivity contribution in [3.63, 3.8) is 0 Å². The highest BCUT2D eigenvalue weighted by Crippen LogP contribution is 2.24. The number of benzene rings is 2. The first-order valence-corrected chi connectivity index (χ1v) is 9.68. The summed E-state index contributed by atoms with van der Waals surface area (Å²) in [6, 6.07) is 13.7. The van der Waals surface area contributed by atoms with Gasteiger partial charge in [-0.2, -0.15) is 0 Å². The smallest absolute Gasteiger partial charge is 0.253 e. The molecule has 0 atom stereocenters. The zero-order valence-electron chi connectivity index (χ0n) is 15.5. The summed E-state index contributed by atoms with van der Waals surface area (Å²) < 4.78 is 31.5. The molecular formula is C21H18F2N2O3S. The minimum atomic E-state index is -0.964. The molecule has 1 aromatic heterocycles. The number of anilines is 1. The topological polar surface area (TPSA) is 62.6 Å². The zero-order valence-corrected chi connectivity index (χ0v) is 16.3. The number of carbonyl (C=O) groups is 2. The Hall–Kier alpha value is -3.13. The second kappa shape index (κ2) is 9.38. The number of amides is 2. The van der Waals surface area contributed by atoms with Crippen molar-refractivity contribution in [1.82, 2.24) is 5.32 Å². The van der Waals surface area contributed by atoms with Crippen LogP contribution >= 0.6 is 11.8 Å². The van der Waals surface area contributed by atoms with Crippen LogP contribution in [0.3, 0.4) is 0 Å². The predicted molar refractivity (Wildman–Crippen MR) is 107 cm³/mol. The number of rotatable bonds is 7. The minimum absolute atomic E-state index is 0.00389. The second-order valence-electron chi connectivity index (χ2n) is 6.10. The molecule has 29 heavy (non-hydrogen) atoms. The van der Waals surface area contributed by atoms with E-state index in [1.54, 1.807) is 43.4 Å². The maximum atomic E-state index is 13.3. The molecule has 150 valence electrons. The Morgan fingerprint density at radius 3 is 2.59 bits per heavy atom. The van der Waals surface area contributed by atoms with Crippen LogP contribution in [0.1, 0.15) is 16.1 Å². The van der Waals surface area contributed by atoms with E-state index in [1.807, 2.05) is 0 Å². The number of nitrogens with zero attached hydrogens (tertiary/aromatic N) is 1. The van der Waals surface area contributed by atoms with Crippen LogP contribution in [0.5, 0.6) is 0 Å². The molecule has 0 aliphatic rings. The molecule has 1 N–H and O–H groups in total. The average molecular weight is 416 g/mol. The highest BCUT2D eigenvalue weighted by molar-refractivity contribution is 8.00. The van der Waals surface area contributed by atoms with Crippen molar-refractivity contribution in [3.05, 3.63) is 83.8 Å². The van der Waals surface area contributed by atoms with E-state index >= 15 is 0 Å². The first-order chi connectivity index (χ1) is 14.0. The number of hydrogen-bond donors (Lipinski definition) is 1. The van der Waals surface area contributed by atoms with Gasteiger partial charge < -0.3 is 14.6 Å². The Morgan fingerprint density at radius 2 is 1.86 bits per heavy atom. The van der Waals surface area contributed by atoms with Gasteiger partial charge in [0.05, 0.1) is 29.8 Å². The van der Waals surface area contributed by atoms with Crippen molar-refractivity contribution < 1.29 is 22.8 Å². The lowest BCUT2D eigenvalue weighted by Gasteiger charge is -2.20. The maximum Gasteiger partial charge on any atom is 0.253 e. The molecule has 0 fully saturated rings. The van der Waals surface area contributed by atoms with E-state index in [-0.39, 0.29) is 24.1 Å². The van der Waals surface area contributed by atoms with Crippen molar-refractivity contribution in [2.45, 2.75) is 11.4 Å². The van der Waals surface area contributed by atoms with Gasteiger partial charge >= 0.3 is 0 Å². The van der Waals surface area contributed by atoms with E-state index in [2.05, 4.69) is 5.32 Å². The summed E-state index contributed by atoms with van der Waals surface area (Å²) in [5.41, 5.74) is 0.785. The molecule has 3 aromatic rings. The quantitative estimate of drug-likeness (QED) is 0.585. The van der Waals surface area contributed by atoms with Crippen LogP contribution < -0.4 is 10.2 Å². The van der Waals surface area contributed by atoms with Gasteiger partial charge in [0.25, 0.3) is 5.91 Å². The van der Waals surface area contributed by atoms with Gasteiger partial charge in [-0.05, 0) is 42.5 Å². The molecule has 0 bridgehead atoms. The summed E-state index contributed by atoms with van der Waals surface area (Å²) >= 11 is 1.09. The van der Waals surface area contributed by atoms with Gasteiger partial charge in [-0.3, -0.25) is 9.59 Å². The highest BCUT2D eigenvalue weighted by Gasteiger charge is 2.19. The van der Waals surface area contributed by atoms with Crippen molar-refractivity contribution in [1.29, 1.82) is 0 Å². The van der Waals surface area contributed by atoms with Gasteiger partial charge in [-0.1, -0.05) is 12.1 Å². The number of carbonyl (C=O) groups excluding carboxylic acids is 2. The Labute approximate surface area is 170 Å². The Kier molecular flexibility index (Phi) is 6.66. The molecule has 0 saturated heterocycles. The molecule has 3 rings (SSSR count). The van der Waals surface area contributed by atoms with Crippen LogP contribution in [0.2, 0.25) is 0 Å². The number of halogens is 2. The fraction of sp³-hybridized carbons (Fsp3) is 0.143. The lowest BCUT2D eigenvalue weighted by molar-refractivity contribution is -0.115. The summed E-state index contributed by atoms with van der Waals surface area (Å²) in [7, 11) is 1.56. The van der Waals surface area contributed by atoms with E-state index in [4.69, 9.17) is 4.42 Å². The minimum Gasteiger partial charge on any atom is -0.467 e. The third-order valence-corrected chi connectivity index (χ3v) is 5.12. The average Bonchev–Trinajstić information content (AvgIpc) is 3.25. The van der Waals surface area contributed by atoms with Gasteiger partial charge in [-0.15, -0.1) is 11.8 Å². The molecule has 8 heteroatoms. The fourth-order valence-corrected chi connectivity index (χ4v) is 3.41. The van der Waals surface area contributed by atoms with E-state index in [9.17, 15) is 18.4 Å². The van der Waals surface area contributed by atoms with E-state index in [1.165, 1.54) is 17.2 Å². The van der Waals surface area contributed by atoms with Crippen LogP contribution in [-0.2, 0) is 11.3 Å². The third-order valence-electron chi connectivity index (χ3n) is 4.14. The molecule has 0 unspecified atom stereocenters. The van der Waals surface area contributed by atoms with Crippen LogP contribution in [0.4, 0.5) is 14.5 Å². The number of thioether (sulfide) groups is 1. The summed E-state index contributed by atoms with van der Waals surface area (Å²) in [6.07, 6.45) is 1.52. The molecular weight excluding hydrogens is 398 g/mol. The molecule has 0 aliphatic carbocycles. The fourth-order valence-electron chi connectivity index (χ4n) is 2.58. The first kappa shape index (κ1) is 20.6. The third kappa shape index (κ3) is 5.23. The van der Waals surface area contributed by atoms with Gasteiger partial charge in [0.2, 0.25) is 5.91 Å². The normalized spacial score (nSPS) is 10.6. The lowest BCUT2D eigenvalue weighted by Crippen LogP contribution is -2.31. The molecule has 5 nitrogen and oxygen atoms in total. The molecule has 2 aromatic carbocycles. The van der Waals surface area contributed by atoms with Gasteiger partial charge in [0.1, 0.15) is 5.76 Å². The predicted octanol–water partition coefficient (Wildman–Crippen LogP) is 4.24. The van der Waals surface area contributed by atoms with Crippen LogP contribution in [0.15, 0.2) is 70.2 Å². The van der Waals surface area contributed by atoms with E-state index in [0.29, 0.717) is 21.9 Å². The van der Waals surface area contributed by atoms with Crippen molar-refractivity contribution >= 4 is 29.3 Å². The molecule has 0 aliphatic heterocycles. The van der Waals surface area contributed by atoms with Gasteiger partial charge in [-0.25, -0.2) is 8.78 Å². The van der Waals surface area contributed by atoms with Gasteiger partial charge in [0, 0.05) is 11.9 Å². The Morgan fingerprint density at radius 1 is 1.07 bits per heavy atom. The molecule has 0 saturated carbocycles. The Bertz CT molecular complexity index is 1010. The second-order valence-corrected chi connectivity index (χ2v) is 7.15. The SMILES string of the molecule is CN(C(=O)CSc1ccc(F)c(F)c1)c1ccccc1C(=O)NCc1ccco1. The highest BCUT2D eigenvalue weighted by atomic mass is 32.2. The Balaban J connectivity index is 1.66. The number of furan rings is 1. The van der Waals surface area contributed by atoms with Gasteiger partial charge in [0.15, 0.2) is 11.6 Å². The number of nitrogens with one attached hydrogen (secondary N) is 1. The van der Waals surface area contributed by atoms with Crippen molar-refractivity contribution in [2.75, 3.05) is 17.7 Å². The van der Waals surface area contributed by atoms with Crippen LogP contribution in [-0.4, -0.2) is 24.6 Å². The van der Waals surface area contributed by atoms with E-state index < -0.39 is 11.6 Å². The molecule has 0 radical (unpaired) electrons. The maximum absolute atomic E-state index is 13.3. The first-order valence-electron chi connectivity index (χ1n) is 8.69. The lowest BCUT2D eigenvalue weighted by atomic mass is 10.1. The molecule has 1 heterocycles. The standard InChI is InChI=1S/C21H18F2N2O3S/c1-25(20(26)13-29-15-8-9-17(22)18(23)11-15)19-7-3-2-6-16(19)21(27)24-12-14-5-4-10-28-14/h2-11H,12-13H2,1H3,(H,24,27).